The molecule has 0 unspecified atom stereocenters. The van der Waals surface area contributed by atoms with Crippen molar-refractivity contribution in [3.63, 3.8) is 0 Å². The maximum Gasteiger partial charge on any atom is 0.203 e. The van der Waals surface area contributed by atoms with Crippen molar-refractivity contribution in [3.8, 4) is 5.75 Å². The summed E-state index contributed by atoms with van der Waals surface area (Å²) in [6.45, 7) is 4.51. The zero-order valence-corrected chi connectivity index (χ0v) is 10.1. The smallest absolute Gasteiger partial charge is 0.203 e. The molecule has 18 heavy (non-hydrogen) atoms. The van der Waals surface area contributed by atoms with E-state index in [0.717, 1.165) is 45.1 Å². The lowest BCUT2D eigenvalue weighted by Gasteiger charge is -2.26. The van der Waals surface area contributed by atoms with Gasteiger partial charge in [0.2, 0.25) is 5.65 Å². The van der Waals surface area contributed by atoms with Crippen LogP contribution in [-0.2, 0) is 11.2 Å². The summed E-state index contributed by atoms with van der Waals surface area (Å²) in [6.07, 6.45) is 2.70. The van der Waals surface area contributed by atoms with E-state index in [0.29, 0.717) is 5.65 Å². The van der Waals surface area contributed by atoms with E-state index in [1.165, 1.54) is 0 Å². The van der Waals surface area contributed by atoms with Gasteiger partial charge in [0.25, 0.3) is 0 Å². The van der Waals surface area contributed by atoms with E-state index < -0.39 is 0 Å². The highest BCUT2D eigenvalue weighted by Crippen LogP contribution is 2.16. The molecule has 3 rings (SSSR count). The number of aromatic hydroxyl groups is 1. The number of hydrogen-bond acceptors (Lipinski definition) is 5. The SMILES string of the molecule is Oc1cccn2c(CCN3CCOCC3)nnc12. The molecule has 0 spiro atoms. The monoisotopic (exact) mass is 248 g/mol. The Morgan fingerprint density at radius 1 is 1.28 bits per heavy atom. The summed E-state index contributed by atoms with van der Waals surface area (Å²) in [5.41, 5.74) is 0.523. The molecule has 96 valence electrons. The lowest BCUT2D eigenvalue weighted by Crippen LogP contribution is -2.37. The van der Waals surface area contributed by atoms with Gasteiger partial charge in [0.15, 0.2) is 5.75 Å². The summed E-state index contributed by atoms with van der Waals surface area (Å²) in [7, 11) is 0. The second kappa shape index (κ2) is 4.91. The molecule has 0 atom stereocenters. The molecular weight excluding hydrogens is 232 g/mol. The second-order valence-electron chi connectivity index (χ2n) is 4.41. The zero-order valence-electron chi connectivity index (χ0n) is 10.1. The van der Waals surface area contributed by atoms with Crippen LogP contribution in [0.4, 0.5) is 0 Å². The number of rotatable bonds is 3. The van der Waals surface area contributed by atoms with Crippen LogP contribution in [0.25, 0.3) is 5.65 Å². The fourth-order valence-corrected chi connectivity index (χ4v) is 2.20. The molecule has 2 aromatic heterocycles. The van der Waals surface area contributed by atoms with Crippen LogP contribution < -0.4 is 0 Å². The molecule has 2 aromatic rings. The Morgan fingerprint density at radius 2 is 2.11 bits per heavy atom. The number of ether oxygens (including phenoxy) is 1. The Kier molecular flexibility index (Phi) is 3.12. The predicted molar refractivity (Wildman–Crippen MR) is 65.6 cm³/mol. The quantitative estimate of drug-likeness (QED) is 0.847. The minimum absolute atomic E-state index is 0.169. The number of fused-ring (bicyclic) bond motifs is 1. The van der Waals surface area contributed by atoms with Gasteiger partial charge in [0, 0.05) is 32.3 Å². The van der Waals surface area contributed by atoms with Gasteiger partial charge in [-0.2, -0.15) is 0 Å². The molecule has 6 heteroatoms. The third-order valence-corrected chi connectivity index (χ3v) is 3.24. The van der Waals surface area contributed by atoms with Crippen LogP contribution >= 0.6 is 0 Å². The van der Waals surface area contributed by atoms with E-state index in [9.17, 15) is 5.11 Å². The summed E-state index contributed by atoms with van der Waals surface area (Å²) in [6, 6.07) is 3.42. The molecule has 0 saturated carbocycles. The van der Waals surface area contributed by atoms with Crippen molar-refractivity contribution in [1.82, 2.24) is 19.5 Å². The molecule has 6 nitrogen and oxygen atoms in total. The van der Waals surface area contributed by atoms with Crippen LogP contribution in [0.3, 0.4) is 0 Å². The highest BCUT2D eigenvalue weighted by atomic mass is 16.5. The summed E-state index contributed by atoms with van der Waals surface area (Å²) >= 11 is 0. The number of hydrogen-bond donors (Lipinski definition) is 1. The lowest BCUT2D eigenvalue weighted by atomic mass is 10.3. The average molecular weight is 248 g/mol. The Labute approximate surface area is 105 Å². The third kappa shape index (κ3) is 2.16. The molecule has 1 saturated heterocycles. The van der Waals surface area contributed by atoms with Gasteiger partial charge in [-0.3, -0.25) is 9.30 Å². The lowest BCUT2D eigenvalue weighted by molar-refractivity contribution is 0.0382. The Bertz CT molecular complexity index is 534. The number of nitrogens with zero attached hydrogens (tertiary/aromatic N) is 4. The molecule has 1 fully saturated rings. The maximum atomic E-state index is 9.65. The van der Waals surface area contributed by atoms with Gasteiger partial charge >= 0.3 is 0 Å². The fourth-order valence-electron chi connectivity index (χ4n) is 2.20. The highest BCUT2D eigenvalue weighted by Gasteiger charge is 2.13. The molecule has 0 aromatic carbocycles. The van der Waals surface area contributed by atoms with Crippen molar-refractivity contribution in [2.24, 2.45) is 0 Å². The topological polar surface area (TPSA) is 62.9 Å². The van der Waals surface area contributed by atoms with Crippen LogP contribution in [0.5, 0.6) is 5.75 Å². The van der Waals surface area contributed by atoms with Gasteiger partial charge in [-0.1, -0.05) is 0 Å². The van der Waals surface area contributed by atoms with Crippen molar-refractivity contribution in [2.45, 2.75) is 6.42 Å². The van der Waals surface area contributed by atoms with Crippen LogP contribution in [0.1, 0.15) is 5.82 Å². The van der Waals surface area contributed by atoms with Crippen molar-refractivity contribution in [2.75, 3.05) is 32.8 Å². The summed E-state index contributed by atoms with van der Waals surface area (Å²) in [5.74, 6) is 1.05. The number of morpholine rings is 1. The molecule has 0 bridgehead atoms. The van der Waals surface area contributed by atoms with Crippen LogP contribution in [0, 0.1) is 0 Å². The van der Waals surface area contributed by atoms with Gasteiger partial charge in [0.1, 0.15) is 5.82 Å². The minimum Gasteiger partial charge on any atom is -0.504 e. The fraction of sp³-hybridized carbons (Fsp3) is 0.500. The van der Waals surface area contributed by atoms with Crippen molar-refractivity contribution in [1.29, 1.82) is 0 Å². The molecule has 3 heterocycles. The standard InChI is InChI=1S/C12H16N4O2/c17-10-2-1-4-16-11(13-14-12(10)16)3-5-15-6-8-18-9-7-15/h1-2,4,17H,3,5-9H2. The van der Waals surface area contributed by atoms with Gasteiger partial charge in [-0.25, -0.2) is 0 Å². The minimum atomic E-state index is 0.169. The van der Waals surface area contributed by atoms with Crippen molar-refractivity contribution >= 4 is 5.65 Å². The molecule has 1 aliphatic heterocycles. The third-order valence-electron chi connectivity index (χ3n) is 3.24. The van der Waals surface area contributed by atoms with Crippen LogP contribution in [0.2, 0.25) is 0 Å². The largest absolute Gasteiger partial charge is 0.504 e. The predicted octanol–water partition coefficient (Wildman–Crippen LogP) is 0.310. The summed E-state index contributed by atoms with van der Waals surface area (Å²) < 4.78 is 7.16. The van der Waals surface area contributed by atoms with E-state index in [-0.39, 0.29) is 5.75 Å². The Hall–Kier alpha value is -1.66. The van der Waals surface area contributed by atoms with E-state index in [1.807, 2.05) is 10.6 Å². The first-order valence-electron chi connectivity index (χ1n) is 6.16. The highest BCUT2D eigenvalue weighted by molar-refractivity contribution is 5.51. The summed E-state index contributed by atoms with van der Waals surface area (Å²) in [4.78, 5) is 2.35. The molecule has 1 N–H and O–H groups in total. The molecule has 0 amide bonds. The summed E-state index contributed by atoms with van der Waals surface area (Å²) in [5, 5.41) is 17.8. The van der Waals surface area contributed by atoms with Gasteiger partial charge < -0.3 is 9.84 Å². The van der Waals surface area contributed by atoms with E-state index in [4.69, 9.17) is 4.74 Å². The number of aromatic nitrogens is 3. The van der Waals surface area contributed by atoms with Crippen LogP contribution in [0.15, 0.2) is 18.3 Å². The van der Waals surface area contributed by atoms with Crippen molar-refractivity contribution in [3.05, 3.63) is 24.2 Å². The maximum absolute atomic E-state index is 9.65. The molecule has 1 aliphatic rings. The normalized spacial score (nSPS) is 17.3. The van der Waals surface area contributed by atoms with Gasteiger partial charge in [-0.05, 0) is 12.1 Å². The molecule has 0 aliphatic carbocycles. The first-order valence-corrected chi connectivity index (χ1v) is 6.16. The second-order valence-corrected chi connectivity index (χ2v) is 4.41. The van der Waals surface area contributed by atoms with Gasteiger partial charge in [0.05, 0.1) is 13.2 Å². The Balaban J connectivity index is 1.72. The molecular formula is C12H16N4O2. The average Bonchev–Trinajstić information content (AvgIpc) is 2.82. The van der Waals surface area contributed by atoms with E-state index in [1.54, 1.807) is 12.1 Å². The zero-order chi connectivity index (χ0) is 12.4. The van der Waals surface area contributed by atoms with Gasteiger partial charge in [-0.15, -0.1) is 10.2 Å². The first kappa shape index (κ1) is 11.4. The number of pyridine rings is 1. The first-order chi connectivity index (χ1) is 8.84. The van der Waals surface area contributed by atoms with Crippen molar-refractivity contribution < 1.29 is 9.84 Å². The Morgan fingerprint density at radius 3 is 2.94 bits per heavy atom. The van der Waals surface area contributed by atoms with E-state index in [2.05, 4.69) is 15.1 Å². The van der Waals surface area contributed by atoms with Crippen LogP contribution in [-0.4, -0.2) is 57.5 Å². The van der Waals surface area contributed by atoms with E-state index >= 15 is 0 Å². The molecule has 0 radical (unpaired) electrons.